The fraction of sp³-hybridized carbons (Fsp3) is 0.667. The molecule has 2 saturated carbocycles. The maximum absolute atomic E-state index is 12.4. The van der Waals surface area contributed by atoms with Gasteiger partial charge in [0.05, 0.1) is 13.2 Å². The van der Waals surface area contributed by atoms with Gasteiger partial charge >= 0.3 is 6.03 Å². The maximum Gasteiger partial charge on any atom is 0.317 e. The van der Waals surface area contributed by atoms with Gasteiger partial charge in [0, 0.05) is 36.7 Å². The summed E-state index contributed by atoms with van der Waals surface area (Å²) in [5.41, 5.74) is 1.28. The van der Waals surface area contributed by atoms with E-state index >= 15 is 0 Å². The Kier molecular flexibility index (Phi) is 5.90. The van der Waals surface area contributed by atoms with E-state index in [1.807, 2.05) is 17.0 Å². The first-order valence-electron chi connectivity index (χ1n) is 10.3. The van der Waals surface area contributed by atoms with E-state index in [1.54, 1.807) is 0 Å². The fourth-order valence-corrected chi connectivity index (χ4v) is 5.17. The van der Waals surface area contributed by atoms with Crippen LogP contribution in [0.2, 0.25) is 5.02 Å². The van der Waals surface area contributed by atoms with E-state index in [9.17, 15) is 4.79 Å². The maximum atomic E-state index is 12.4. The van der Waals surface area contributed by atoms with Crippen LogP contribution >= 0.6 is 11.6 Å². The normalized spacial score (nSPS) is 30.7. The van der Waals surface area contributed by atoms with Crippen LogP contribution < -0.4 is 10.6 Å². The minimum atomic E-state index is 0.0917. The molecule has 0 aromatic heterocycles. The average Bonchev–Trinajstić information content (AvgIpc) is 3.18. The second kappa shape index (κ2) is 8.38. The molecule has 27 heavy (non-hydrogen) atoms. The Bertz CT molecular complexity index is 635. The highest BCUT2D eigenvalue weighted by Crippen LogP contribution is 2.59. The molecular formula is C21H30ClN3O2. The second-order valence-electron chi connectivity index (χ2n) is 8.14. The van der Waals surface area contributed by atoms with E-state index in [4.69, 9.17) is 16.3 Å². The van der Waals surface area contributed by atoms with Crippen molar-refractivity contribution in [3.63, 3.8) is 0 Å². The lowest BCUT2D eigenvalue weighted by Gasteiger charge is -2.29. The quantitative estimate of drug-likeness (QED) is 0.782. The molecule has 3 fully saturated rings. The van der Waals surface area contributed by atoms with Gasteiger partial charge in [-0.25, -0.2) is 4.79 Å². The van der Waals surface area contributed by atoms with Gasteiger partial charge < -0.3 is 20.3 Å². The summed E-state index contributed by atoms with van der Waals surface area (Å²) in [6.45, 7) is 5.89. The molecular weight excluding hydrogens is 362 g/mol. The van der Waals surface area contributed by atoms with Gasteiger partial charge in [-0.15, -0.1) is 0 Å². The van der Waals surface area contributed by atoms with Crippen molar-refractivity contribution < 1.29 is 9.53 Å². The number of carbonyl (C=O) groups is 1. The number of urea groups is 1. The molecule has 0 spiro atoms. The lowest BCUT2D eigenvalue weighted by atomic mass is 9.99. The van der Waals surface area contributed by atoms with Gasteiger partial charge in [-0.05, 0) is 54.7 Å². The number of hydrogen-bond donors (Lipinski definition) is 2. The number of amides is 2. The van der Waals surface area contributed by atoms with Gasteiger partial charge in [-0.1, -0.05) is 30.7 Å². The van der Waals surface area contributed by atoms with Crippen LogP contribution in [0.1, 0.15) is 31.7 Å². The predicted octanol–water partition coefficient (Wildman–Crippen LogP) is 3.27. The van der Waals surface area contributed by atoms with Crippen molar-refractivity contribution in [1.82, 2.24) is 15.5 Å². The molecule has 148 valence electrons. The van der Waals surface area contributed by atoms with Gasteiger partial charge in [0.15, 0.2) is 0 Å². The van der Waals surface area contributed by atoms with Crippen LogP contribution in [0.3, 0.4) is 0 Å². The molecule has 1 aromatic rings. The third kappa shape index (κ3) is 4.41. The lowest BCUT2D eigenvalue weighted by Crippen LogP contribution is -2.49. The van der Waals surface area contributed by atoms with Crippen molar-refractivity contribution in [3.8, 4) is 0 Å². The minimum absolute atomic E-state index is 0.0917. The number of fused-ring (bicyclic) bond motifs is 1. The summed E-state index contributed by atoms with van der Waals surface area (Å²) in [6.07, 6.45) is 3.41. The van der Waals surface area contributed by atoms with Crippen molar-refractivity contribution in [2.45, 2.75) is 44.8 Å². The highest BCUT2D eigenvalue weighted by Gasteiger charge is 2.58. The largest absolute Gasteiger partial charge is 0.378 e. The summed E-state index contributed by atoms with van der Waals surface area (Å²) in [5.74, 6) is 2.30. The minimum Gasteiger partial charge on any atom is -0.378 e. The molecule has 3 aliphatic rings. The van der Waals surface area contributed by atoms with Gasteiger partial charge in [0.25, 0.3) is 0 Å². The molecule has 2 amide bonds. The summed E-state index contributed by atoms with van der Waals surface area (Å²) < 4.78 is 5.32. The number of nitrogens with zero attached hydrogens (tertiary/aromatic N) is 1. The number of rotatable bonds is 6. The summed E-state index contributed by atoms with van der Waals surface area (Å²) in [5, 5.41) is 7.78. The summed E-state index contributed by atoms with van der Waals surface area (Å²) >= 11 is 5.97. The van der Waals surface area contributed by atoms with Crippen molar-refractivity contribution in [1.29, 1.82) is 0 Å². The third-order valence-corrected chi connectivity index (χ3v) is 6.78. The SMILES string of the molecule is CCC(NCc1ccc(Cl)cc1)[C@H]1[C@@H]2C[C@@H](NC(=O)N3CCOCC3)C[C@@H]21. The Hall–Kier alpha value is -1.30. The monoisotopic (exact) mass is 391 g/mol. The lowest BCUT2D eigenvalue weighted by molar-refractivity contribution is 0.0524. The van der Waals surface area contributed by atoms with Crippen LogP contribution in [-0.2, 0) is 11.3 Å². The van der Waals surface area contributed by atoms with Crippen molar-refractivity contribution in [2.75, 3.05) is 26.3 Å². The molecule has 1 heterocycles. The third-order valence-electron chi connectivity index (χ3n) is 6.52. The highest BCUT2D eigenvalue weighted by molar-refractivity contribution is 6.30. The first kappa shape index (κ1) is 19.0. The number of hydrogen-bond acceptors (Lipinski definition) is 3. The average molecular weight is 392 g/mol. The van der Waals surface area contributed by atoms with E-state index < -0.39 is 0 Å². The molecule has 5 atom stereocenters. The molecule has 1 saturated heterocycles. The summed E-state index contributed by atoms with van der Waals surface area (Å²) in [6, 6.07) is 9.08. The van der Waals surface area contributed by atoms with Crippen LogP contribution in [0.15, 0.2) is 24.3 Å². The molecule has 0 bridgehead atoms. The molecule has 0 radical (unpaired) electrons. The fourth-order valence-electron chi connectivity index (χ4n) is 5.04. The van der Waals surface area contributed by atoms with Crippen molar-refractivity contribution >= 4 is 17.6 Å². The van der Waals surface area contributed by atoms with Gasteiger partial charge in [0.1, 0.15) is 0 Å². The Labute approximate surface area is 166 Å². The molecule has 1 unspecified atom stereocenters. The number of morpholine rings is 1. The van der Waals surface area contributed by atoms with Gasteiger partial charge in [-0.3, -0.25) is 0 Å². The highest BCUT2D eigenvalue weighted by atomic mass is 35.5. The first-order chi connectivity index (χ1) is 13.2. The van der Waals surface area contributed by atoms with Crippen LogP contribution in [0.4, 0.5) is 4.79 Å². The van der Waals surface area contributed by atoms with Crippen LogP contribution in [0.5, 0.6) is 0 Å². The van der Waals surface area contributed by atoms with E-state index in [2.05, 4.69) is 29.7 Å². The molecule has 6 heteroatoms. The van der Waals surface area contributed by atoms with E-state index in [0.29, 0.717) is 38.4 Å². The number of carbonyl (C=O) groups excluding carboxylic acids is 1. The summed E-state index contributed by atoms with van der Waals surface area (Å²) in [7, 11) is 0. The molecule has 4 rings (SSSR count). The number of benzene rings is 1. The second-order valence-corrected chi connectivity index (χ2v) is 8.58. The number of halogens is 1. The van der Waals surface area contributed by atoms with Crippen LogP contribution in [0, 0.1) is 17.8 Å². The smallest absolute Gasteiger partial charge is 0.317 e. The Balaban J connectivity index is 1.22. The molecule has 5 nitrogen and oxygen atoms in total. The molecule has 2 aliphatic carbocycles. The Morgan fingerprint density at radius 3 is 2.52 bits per heavy atom. The Morgan fingerprint density at radius 1 is 1.22 bits per heavy atom. The van der Waals surface area contributed by atoms with Crippen LogP contribution in [-0.4, -0.2) is 49.3 Å². The van der Waals surface area contributed by atoms with E-state index in [-0.39, 0.29) is 6.03 Å². The standard InChI is InChI=1S/C21H30ClN3O2/c1-2-19(23-13-14-3-5-15(22)6-4-14)20-17-11-16(12-18(17)20)24-21(26)25-7-9-27-10-8-25/h3-6,16-20,23H,2,7-13H2,1H3,(H,24,26)/t16-,17-,18+,19?,20+. The van der Waals surface area contributed by atoms with Gasteiger partial charge in [0.2, 0.25) is 0 Å². The number of nitrogens with one attached hydrogen (secondary N) is 2. The van der Waals surface area contributed by atoms with Crippen LogP contribution in [0.25, 0.3) is 0 Å². The summed E-state index contributed by atoms with van der Waals surface area (Å²) in [4.78, 5) is 14.3. The number of ether oxygens (including phenoxy) is 1. The molecule has 1 aliphatic heterocycles. The predicted molar refractivity (Wildman–Crippen MR) is 107 cm³/mol. The zero-order valence-corrected chi connectivity index (χ0v) is 16.8. The first-order valence-corrected chi connectivity index (χ1v) is 10.6. The van der Waals surface area contributed by atoms with E-state index in [1.165, 1.54) is 5.56 Å². The van der Waals surface area contributed by atoms with Crippen molar-refractivity contribution in [3.05, 3.63) is 34.9 Å². The van der Waals surface area contributed by atoms with Crippen molar-refractivity contribution in [2.24, 2.45) is 17.8 Å². The Morgan fingerprint density at radius 2 is 1.89 bits per heavy atom. The zero-order chi connectivity index (χ0) is 18.8. The van der Waals surface area contributed by atoms with E-state index in [0.717, 1.165) is 48.6 Å². The molecule has 2 N–H and O–H groups in total. The van der Waals surface area contributed by atoms with Gasteiger partial charge in [-0.2, -0.15) is 0 Å². The zero-order valence-electron chi connectivity index (χ0n) is 16.0. The topological polar surface area (TPSA) is 53.6 Å². The molecule has 1 aromatic carbocycles.